The lowest BCUT2D eigenvalue weighted by atomic mass is 10.1. The lowest BCUT2D eigenvalue weighted by Crippen LogP contribution is -2.25. The summed E-state index contributed by atoms with van der Waals surface area (Å²) in [4.78, 5) is 27.1. The Morgan fingerprint density at radius 2 is 1.96 bits per heavy atom. The van der Waals surface area contributed by atoms with Crippen LogP contribution in [0.15, 0.2) is 36.4 Å². The number of hydrogen-bond donors (Lipinski definition) is 4. The molecular weight excluding hydrogens is 365 g/mol. The molecule has 0 spiro atoms. The second-order valence-electron chi connectivity index (χ2n) is 6.21. The minimum absolute atomic E-state index is 0.0212. The summed E-state index contributed by atoms with van der Waals surface area (Å²) in [7, 11) is 1.73. The first-order valence-electron chi connectivity index (χ1n) is 8.38. The highest BCUT2D eigenvalue weighted by molar-refractivity contribution is 5.98. The van der Waals surface area contributed by atoms with Crippen molar-refractivity contribution in [1.82, 2.24) is 14.9 Å². The van der Waals surface area contributed by atoms with Gasteiger partial charge in [-0.3, -0.25) is 15.0 Å². The first-order chi connectivity index (χ1) is 13.3. The second-order valence-corrected chi connectivity index (χ2v) is 6.21. The zero-order valence-electron chi connectivity index (χ0n) is 15.0. The van der Waals surface area contributed by atoms with Gasteiger partial charge in [0.25, 0.3) is 5.91 Å². The number of rotatable bonds is 6. The summed E-state index contributed by atoms with van der Waals surface area (Å²) in [6, 6.07) is 9.09. The van der Waals surface area contributed by atoms with Crippen molar-refractivity contribution in [2.45, 2.75) is 6.42 Å². The second kappa shape index (κ2) is 7.47. The Morgan fingerprint density at radius 3 is 2.61 bits per heavy atom. The Bertz CT molecular complexity index is 1110. The van der Waals surface area contributed by atoms with Crippen LogP contribution in [0.25, 0.3) is 22.4 Å². The number of fused-ring (bicyclic) bond motifs is 1. The van der Waals surface area contributed by atoms with Gasteiger partial charge in [-0.05, 0) is 30.3 Å². The van der Waals surface area contributed by atoms with Crippen LogP contribution in [-0.4, -0.2) is 38.9 Å². The number of nitrogens with zero attached hydrogens (tertiary/aromatic N) is 2. The minimum atomic E-state index is -0.997. The van der Waals surface area contributed by atoms with E-state index in [9.17, 15) is 14.0 Å². The molecule has 0 saturated heterocycles. The van der Waals surface area contributed by atoms with Gasteiger partial charge >= 0.3 is 5.97 Å². The van der Waals surface area contributed by atoms with Gasteiger partial charge in [0.1, 0.15) is 17.5 Å². The van der Waals surface area contributed by atoms with E-state index >= 15 is 0 Å². The summed E-state index contributed by atoms with van der Waals surface area (Å²) in [6.07, 6.45) is -0.169. The van der Waals surface area contributed by atoms with Gasteiger partial charge in [-0.1, -0.05) is 6.07 Å². The van der Waals surface area contributed by atoms with Gasteiger partial charge in [0.05, 0.1) is 23.0 Å². The molecule has 0 radical (unpaired) electrons. The van der Waals surface area contributed by atoms with E-state index in [-0.39, 0.29) is 29.9 Å². The van der Waals surface area contributed by atoms with Crippen molar-refractivity contribution in [2.24, 2.45) is 12.8 Å². The molecule has 9 heteroatoms. The number of nitrogens with two attached hydrogens (primary N) is 1. The van der Waals surface area contributed by atoms with E-state index < -0.39 is 17.7 Å². The summed E-state index contributed by atoms with van der Waals surface area (Å²) in [5.41, 5.74) is 7.44. The SMILES string of the molecule is Cn1c(-c2ccc(C(=N)N)cc2F)nc2cc(C(=O)NCCC(=O)O)ccc21. The molecule has 1 aromatic heterocycles. The van der Waals surface area contributed by atoms with Gasteiger partial charge in [0.2, 0.25) is 0 Å². The number of amidine groups is 1. The number of nitrogens with one attached hydrogen (secondary N) is 2. The molecule has 8 nitrogen and oxygen atoms in total. The fourth-order valence-electron chi connectivity index (χ4n) is 2.83. The molecule has 1 amide bonds. The molecule has 2 aromatic carbocycles. The third-order valence-electron chi connectivity index (χ3n) is 4.29. The van der Waals surface area contributed by atoms with E-state index in [4.69, 9.17) is 16.2 Å². The number of hydrogen-bond acceptors (Lipinski definition) is 4. The van der Waals surface area contributed by atoms with Crippen molar-refractivity contribution in [3.05, 3.63) is 53.3 Å². The van der Waals surface area contributed by atoms with Crippen molar-refractivity contribution in [3.8, 4) is 11.4 Å². The zero-order chi connectivity index (χ0) is 20.4. The molecule has 0 saturated carbocycles. The summed E-state index contributed by atoms with van der Waals surface area (Å²) in [5.74, 6) is -1.83. The number of halogens is 1. The van der Waals surface area contributed by atoms with Crippen LogP contribution < -0.4 is 11.1 Å². The molecule has 0 unspecified atom stereocenters. The Kier molecular flexibility index (Phi) is 5.08. The van der Waals surface area contributed by atoms with E-state index in [1.54, 1.807) is 35.9 Å². The number of imidazole rings is 1. The zero-order valence-corrected chi connectivity index (χ0v) is 15.0. The van der Waals surface area contributed by atoms with Crippen molar-refractivity contribution >= 4 is 28.7 Å². The fraction of sp³-hybridized carbons (Fsp3) is 0.158. The Hall–Kier alpha value is -3.75. The van der Waals surface area contributed by atoms with Crippen LogP contribution in [0, 0.1) is 11.2 Å². The largest absolute Gasteiger partial charge is 0.481 e. The van der Waals surface area contributed by atoms with Crippen molar-refractivity contribution in [3.63, 3.8) is 0 Å². The number of nitrogen functional groups attached to an aromatic ring is 1. The summed E-state index contributed by atoms with van der Waals surface area (Å²) >= 11 is 0. The molecule has 0 atom stereocenters. The molecule has 144 valence electrons. The number of carbonyl (C=O) groups is 2. The number of benzene rings is 2. The maximum Gasteiger partial charge on any atom is 0.305 e. The molecule has 3 aromatic rings. The van der Waals surface area contributed by atoms with E-state index in [2.05, 4.69) is 10.3 Å². The third kappa shape index (κ3) is 3.68. The number of aryl methyl sites for hydroxylation is 1. The molecule has 0 aliphatic rings. The number of amides is 1. The molecule has 3 rings (SSSR count). The van der Waals surface area contributed by atoms with Crippen molar-refractivity contribution in [1.29, 1.82) is 5.41 Å². The third-order valence-corrected chi connectivity index (χ3v) is 4.29. The average molecular weight is 383 g/mol. The lowest BCUT2D eigenvalue weighted by molar-refractivity contribution is -0.136. The normalized spacial score (nSPS) is 10.8. The highest BCUT2D eigenvalue weighted by Gasteiger charge is 2.16. The van der Waals surface area contributed by atoms with E-state index in [1.807, 2.05) is 0 Å². The summed E-state index contributed by atoms with van der Waals surface area (Å²) in [5, 5.41) is 18.6. The molecule has 0 aliphatic carbocycles. The monoisotopic (exact) mass is 383 g/mol. The minimum Gasteiger partial charge on any atom is -0.481 e. The van der Waals surface area contributed by atoms with Crippen LogP contribution in [0.2, 0.25) is 0 Å². The van der Waals surface area contributed by atoms with E-state index in [1.165, 1.54) is 12.1 Å². The van der Waals surface area contributed by atoms with Crippen molar-refractivity contribution < 1.29 is 19.1 Å². The predicted molar refractivity (Wildman–Crippen MR) is 102 cm³/mol. The number of carbonyl (C=O) groups excluding carboxylic acids is 1. The van der Waals surface area contributed by atoms with Crippen molar-refractivity contribution in [2.75, 3.05) is 6.54 Å². The first-order valence-corrected chi connectivity index (χ1v) is 8.38. The Morgan fingerprint density at radius 1 is 1.25 bits per heavy atom. The summed E-state index contributed by atoms with van der Waals surface area (Å²) < 4.78 is 16.2. The van der Waals surface area contributed by atoms with Gasteiger partial charge in [-0.25, -0.2) is 9.37 Å². The molecule has 1 heterocycles. The van der Waals surface area contributed by atoms with Crippen LogP contribution >= 0.6 is 0 Å². The molecule has 0 aliphatic heterocycles. The van der Waals surface area contributed by atoms with Crippen LogP contribution in [0.3, 0.4) is 0 Å². The molecule has 0 bridgehead atoms. The number of aliphatic carboxylic acids is 1. The van der Waals surface area contributed by atoms with E-state index in [0.29, 0.717) is 22.4 Å². The van der Waals surface area contributed by atoms with Gasteiger partial charge < -0.3 is 20.7 Å². The first kappa shape index (κ1) is 19.0. The molecular formula is C19H18FN5O3. The fourth-order valence-corrected chi connectivity index (χ4v) is 2.83. The predicted octanol–water partition coefficient (Wildman–Crippen LogP) is 1.87. The highest BCUT2D eigenvalue weighted by atomic mass is 19.1. The maximum absolute atomic E-state index is 14.5. The van der Waals surface area contributed by atoms with Crippen LogP contribution in [0.4, 0.5) is 4.39 Å². The quantitative estimate of drug-likeness (QED) is 0.381. The highest BCUT2D eigenvalue weighted by Crippen LogP contribution is 2.27. The van der Waals surface area contributed by atoms with Gasteiger partial charge in [-0.2, -0.15) is 0 Å². The molecule has 0 fully saturated rings. The Balaban J connectivity index is 1.94. The Labute approximate surface area is 159 Å². The maximum atomic E-state index is 14.5. The number of carboxylic acid groups (broad SMARTS) is 1. The lowest BCUT2D eigenvalue weighted by Gasteiger charge is -2.06. The number of aromatic nitrogens is 2. The summed E-state index contributed by atoms with van der Waals surface area (Å²) in [6.45, 7) is 0.0212. The van der Waals surface area contributed by atoms with Crippen LogP contribution in [0.1, 0.15) is 22.3 Å². The molecule has 5 N–H and O–H groups in total. The average Bonchev–Trinajstić information content (AvgIpc) is 2.97. The topological polar surface area (TPSA) is 134 Å². The van der Waals surface area contributed by atoms with Crippen LogP contribution in [-0.2, 0) is 11.8 Å². The van der Waals surface area contributed by atoms with Gasteiger partial charge in [0.15, 0.2) is 0 Å². The van der Waals surface area contributed by atoms with E-state index in [0.717, 1.165) is 0 Å². The van der Waals surface area contributed by atoms with Gasteiger partial charge in [-0.15, -0.1) is 0 Å². The van der Waals surface area contributed by atoms with Crippen LogP contribution in [0.5, 0.6) is 0 Å². The standard InChI is InChI=1S/C19H18FN5O3/c1-25-15-5-3-11(19(28)23-7-6-16(26)27)9-14(15)24-18(25)12-4-2-10(17(21)22)8-13(12)20/h2-5,8-9H,6-7H2,1H3,(H3,21,22)(H,23,28)(H,26,27). The smallest absolute Gasteiger partial charge is 0.305 e. The molecule has 28 heavy (non-hydrogen) atoms. The van der Waals surface area contributed by atoms with Gasteiger partial charge in [0, 0.05) is 24.7 Å². The number of carboxylic acids is 1.